The molecule has 0 heterocycles. The molecule has 14 heavy (non-hydrogen) atoms. The highest BCUT2D eigenvalue weighted by Gasteiger charge is 2.17. The van der Waals surface area contributed by atoms with Gasteiger partial charge in [0.05, 0.1) is 0 Å². The molecule has 3 heteroatoms. The average Bonchev–Trinajstić information content (AvgIpc) is 2.19. The van der Waals surface area contributed by atoms with Crippen molar-refractivity contribution in [1.82, 2.24) is 0 Å². The number of carbonyl (C=O) groups is 1. The molecule has 0 unspecified atom stereocenters. The van der Waals surface area contributed by atoms with E-state index in [1.54, 1.807) is 4.90 Å². The van der Waals surface area contributed by atoms with Gasteiger partial charge in [-0.15, -0.1) is 11.6 Å². The Balaban J connectivity index is 2.95. The van der Waals surface area contributed by atoms with E-state index in [4.69, 9.17) is 11.6 Å². The van der Waals surface area contributed by atoms with Crippen LogP contribution in [0.1, 0.15) is 13.8 Å². The van der Waals surface area contributed by atoms with E-state index in [1.807, 2.05) is 44.2 Å². The monoisotopic (exact) mass is 217 g/mol. The second-order valence-corrected chi connectivity index (χ2v) is 3.59. The fraction of sp³-hybridized carbons (Fsp3) is 0.364. The molecule has 0 aliphatic carbocycles. The van der Waals surface area contributed by atoms with Gasteiger partial charge in [0.1, 0.15) is 5.88 Å². The van der Waals surface area contributed by atoms with Crippen molar-refractivity contribution in [1.29, 1.82) is 0 Å². The third-order valence-corrected chi connectivity index (χ3v) is 2.16. The normalized spacial score (nSPS) is 10.3. The fourth-order valence-corrected chi connectivity index (χ4v) is 1.51. The third kappa shape index (κ3) is 2.48. The molecule has 2 nitrogen and oxygen atoms in total. The minimum absolute atomic E-state index is 0.0209. The zero-order valence-corrected chi connectivity index (χ0v) is 9.16. The standard InChI is InChI=1S/C11H14ClNO/c1-9(2)13(11(14)8-12)10-6-4-3-5-7-10/h3-7,9H,8H2,1-2H3/i3+1,4+1,5+1,6+1,7+1,10+1. The zero-order valence-electron chi connectivity index (χ0n) is 8.40. The van der Waals surface area contributed by atoms with Crippen LogP contribution >= 0.6 is 11.6 Å². The van der Waals surface area contributed by atoms with Crippen molar-refractivity contribution < 1.29 is 4.79 Å². The van der Waals surface area contributed by atoms with E-state index >= 15 is 0 Å². The fourth-order valence-electron chi connectivity index (χ4n) is 1.38. The number of nitrogens with zero attached hydrogens (tertiary/aromatic N) is 1. The van der Waals surface area contributed by atoms with Crippen molar-refractivity contribution in [3.8, 4) is 0 Å². The predicted molar refractivity (Wildman–Crippen MR) is 59.8 cm³/mol. The van der Waals surface area contributed by atoms with E-state index in [1.165, 1.54) is 0 Å². The number of benzene rings is 1. The minimum atomic E-state index is -0.0622. The van der Waals surface area contributed by atoms with Gasteiger partial charge in [0.25, 0.3) is 0 Å². The Labute approximate surface area is 89.5 Å². The van der Waals surface area contributed by atoms with Crippen LogP contribution in [-0.4, -0.2) is 17.8 Å². The molecule has 0 spiro atoms. The van der Waals surface area contributed by atoms with E-state index in [-0.39, 0.29) is 17.8 Å². The summed E-state index contributed by atoms with van der Waals surface area (Å²) in [4.78, 5) is 13.2. The lowest BCUT2D eigenvalue weighted by atomic mass is 10.3. The van der Waals surface area contributed by atoms with Gasteiger partial charge in [-0.05, 0) is 26.0 Å². The molecule has 0 bridgehead atoms. The number of carbonyl (C=O) groups excluding carboxylic acids is 1. The summed E-state index contributed by atoms with van der Waals surface area (Å²) in [5.74, 6) is -0.0413. The minimum Gasteiger partial charge on any atom is -0.309 e. The maximum absolute atomic E-state index is 11.5. The summed E-state index contributed by atoms with van der Waals surface area (Å²) in [7, 11) is 0. The van der Waals surface area contributed by atoms with Gasteiger partial charge in [-0.25, -0.2) is 0 Å². The van der Waals surface area contributed by atoms with E-state index in [0.717, 1.165) is 5.69 Å². The Morgan fingerprint density at radius 3 is 2.36 bits per heavy atom. The topological polar surface area (TPSA) is 20.3 Å². The summed E-state index contributed by atoms with van der Waals surface area (Å²) in [5.41, 5.74) is 0.896. The van der Waals surface area contributed by atoms with Gasteiger partial charge in [0.15, 0.2) is 0 Å². The van der Waals surface area contributed by atoms with Crippen LogP contribution in [0.15, 0.2) is 30.3 Å². The van der Waals surface area contributed by atoms with E-state index in [2.05, 4.69) is 0 Å². The van der Waals surface area contributed by atoms with Crippen LogP contribution < -0.4 is 4.90 Å². The number of alkyl halides is 1. The van der Waals surface area contributed by atoms with E-state index in [0.29, 0.717) is 0 Å². The third-order valence-electron chi connectivity index (χ3n) is 1.93. The van der Waals surface area contributed by atoms with Gasteiger partial charge in [-0.1, -0.05) is 18.2 Å². The number of halogens is 1. The van der Waals surface area contributed by atoms with Crippen LogP contribution in [0.5, 0.6) is 0 Å². The zero-order chi connectivity index (χ0) is 10.6. The first-order chi connectivity index (χ1) is 6.66. The molecular formula is C11H14ClNO. The number of rotatable bonds is 3. The summed E-state index contributed by atoms with van der Waals surface area (Å²) in [6, 6.07) is 9.68. The summed E-state index contributed by atoms with van der Waals surface area (Å²) in [5, 5.41) is 0. The molecule has 1 rings (SSSR count). The van der Waals surface area contributed by atoms with E-state index < -0.39 is 0 Å². The Morgan fingerprint density at radius 2 is 1.93 bits per heavy atom. The molecule has 1 aromatic rings. The summed E-state index contributed by atoms with van der Waals surface area (Å²) in [6.07, 6.45) is 0. The van der Waals surface area contributed by atoms with Crippen LogP contribution in [-0.2, 0) is 4.79 Å². The lowest BCUT2D eigenvalue weighted by Crippen LogP contribution is -2.37. The summed E-state index contributed by atoms with van der Waals surface area (Å²) in [6.45, 7) is 3.94. The smallest absolute Gasteiger partial charge is 0.242 e. The first kappa shape index (κ1) is 11.1. The maximum atomic E-state index is 11.5. The molecule has 1 aromatic carbocycles. The molecule has 0 radical (unpaired) electrons. The first-order valence-corrected chi connectivity index (χ1v) is 5.13. The van der Waals surface area contributed by atoms with Crippen molar-refractivity contribution in [2.45, 2.75) is 19.9 Å². The molecule has 0 saturated carbocycles. The predicted octanol–water partition coefficient (Wildman–Crippen LogP) is 2.67. The van der Waals surface area contributed by atoms with Crippen LogP contribution in [0.25, 0.3) is 0 Å². The lowest BCUT2D eigenvalue weighted by molar-refractivity contribution is -0.116. The molecule has 1 amide bonds. The van der Waals surface area contributed by atoms with Crippen LogP contribution in [0.3, 0.4) is 0 Å². The molecule has 76 valence electrons. The second-order valence-electron chi connectivity index (χ2n) is 3.33. The van der Waals surface area contributed by atoms with Gasteiger partial charge in [0, 0.05) is 11.7 Å². The van der Waals surface area contributed by atoms with Crippen LogP contribution in [0, 0.1) is 0 Å². The quantitative estimate of drug-likeness (QED) is 0.713. The molecular weight excluding hydrogens is 204 g/mol. The Morgan fingerprint density at radius 1 is 1.36 bits per heavy atom. The van der Waals surface area contributed by atoms with Crippen molar-refractivity contribution >= 4 is 23.2 Å². The summed E-state index contributed by atoms with van der Waals surface area (Å²) >= 11 is 5.55. The Hall–Kier alpha value is -1.02. The van der Waals surface area contributed by atoms with Gasteiger partial charge < -0.3 is 4.90 Å². The van der Waals surface area contributed by atoms with Crippen molar-refractivity contribution in [2.24, 2.45) is 0 Å². The van der Waals surface area contributed by atoms with Gasteiger partial charge in [-0.2, -0.15) is 0 Å². The SMILES string of the molecule is CC(C)N(C(=O)CCl)[13c]1[13cH][13cH][13cH][13cH][13cH]1. The van der Waals surface area contributed by atoms with Gasteiger partial charge >= 0.3 is 0 Å². The Kier molecular flexibility index (Phi) is 3.96. The largest absolute Gasteiger partial charge is 0.309 e. The molecule has 0 fully saturated rings. The first-order valence-electron chi connectivity index (χ1n) is 4.60. The van der Waals surface area contributed by atoms with Crippen LogP contribution in [0.2, 0.25) is 0 Å². The number of hydrogen-bond acceptors (Lipinski definition) is 1. The Bertz CT molecular complexity index is 297. The van der Waals surface area contributed by atoms with Crippen molar-refractivity contribution in [2.75, 3.05) is 10.8 Å². The average molecular weight is 218 g/mol. The second kappa shape index (κ2) is 5.01. The number of para-hydroxylation sites is 1. The maximum Gasteiger partial charge on any atom is 0.242 e. The van der Waals surface area contributed by atoms with Crippen molar-refractivity contribution in [3.05, 3.63) is 30.3 Å². The van der Waals surface area contributed by atoms with Crippen molar-refractivity contribution in [3.63, 3.8) is 0 Å². The van der Waals surface area contributed by atoms with Gasteiger partial charge in [-0.3, -0.25) is 4.79 Å². The van der Waals surface area contributed by atoms with Crippen LogP contribution in [0.4, 0.5) is 5.69 Å². The highest BCUT2D eigenvalue weighted by atomic mass is 35.5. The van der Waals surface area contributed by atoms with Gasteiger partial charge in [0.2, 0.25) is 5.91 Å². The molecule has 0 aliphatic heterocycles. The highest BCUT2D eigenvalue weighted by Crippen LogP contribution is 2.16. The van der Waals surface area contributed by atoms with E-state index in [9.17, 15) is 4.79 Å². The number of amides is 1. The molecule has 0 aromatic heterocycles. The molecule has 0 atom stereocenters. The molecule has 0 N–H and O–H groups in total. The lowest BCUT2D eigenvalue weighted by Gasteiger charge is -2.25. The number of anilines is 1. The summed E-state index contributed by atoms with van der Waals surface area (Å²) < 4.78 is 0. The highest BCUT2D eigenvalue weighted by molar-refractivity contribution is 6.29. The molecule has 0 aliphatic rings. The number of hydrogen-bond donors (Lipinski definition) is 0. The molecule has 0 saturated heterocycles.